The lowest BCUT2D eigenvalue weighted by Gasteiger charge is -2.34. The molecule has 26 heavy (non-hydrogen) atoms. The summed E-state index contributed by atoms with van der Waals surface area (Å²) in [7, 11) is 0. The summed E-state index contributed by atoms with van der Waals surface area (Å²) in [6.45, 7) is 7.91. The van der Waals surface area contributed by atoms with Crippen LogP contribution in [0.5, 0.6) is 11.5 Å². The van der Waals surface area contributed by atoms with E-state index in [1.165, 1.54) is 5.69 Å². The summed E-state index contributed by atoms with van der Waals surface area (Å²) in [5, 5.41) is 2.93. The quantitative estimate of drug-likeness (QED) is 0.738. The molecule has 1 aliphatic heterocycles. The van der Waals surface area contributed by atoms with Crippen LogP contribution in [0.2, 0.25) is 0 Å². The van der Waals surface area contributed by atoms with Gasteiger partial charge in [0.1, 0.15) is 18.1 Å². The second kappa shape index (κ2) is 8.76. The van der Waals surface area contributed by atoms with E-state index in [-0.39, 0.29) is 11.9 Å². The van der Waals surface area contributed by atoms with Gasteiger partial charge in [-0.15, -0.1) is 0 Å². The molecule has 1 N–H and O–H groups in total. The minimum absolute atomic E-state index is 0.0344. The predicted octanol–water partition coefficient (Wildman–Crippen LogP) is 2.46. The molecular weight excluding hydrogens is 330 g/mol. The van der Waals surface area contributed by atoms with Crippen LogP contribution < -0.4 is 14.8 Å². The predicted molar refractivity (Wildman–Crippen MR) is 101 cm³/mol. The molecule has 0 aliphatic carbocycles. The zero-order valence-corrected chi connectivity index (χ0v) is 15.5. The number of ether oxygens (including phenoxy) is 2. The van der Waals surface area contributed by atoms with Crippen molar-refractivity contribution in [2.24, 2.45) is 0 Å². The molecule has 0 radical (unpaired) electrons. The summed E-state index contributed by atoms with van der Waals surface area (Å²) in [5.74, 6) is 1.63. The van der Waals surface area contributed by atoms with E-state index < -0.39 is 0 Å². The molecule has 1 amide bonds. The first-order valence-corrected chi connectivity index (χ1v) is 9.19. The Morgan fingerprint density at radius 3 is 2.62 bits per heavy atom. The molecule has 140 valence electrons. The Bertz CT molecular complexity index is 711. The molecule has 0 saturated carbocycles. The van der Waals surface area contributed by atoms with E-state index in [1.807, 2.05) is 31.2 Å². The van der Waals surface area contributed by atoms with Gasteiger partial charge >= 0.3 is 0 Å². The van der Waals surface area contributed by atoms with Crippen molar-refractivity contribution < 1.29 is 14.3 Å². The van der Waals surface area contributed by atoms with Crippen molar-refractivity contribution in [3.8, 4) is 11.5 Å². The Kier molecular flexibility index (Phi) is 6.17. The van der Waals surface area contributed by atoms with Crippen molar-refractivity contribution in [2.45, 2.75) is 26.4 Å². The highest BCUT2D eigenvalue weighted by Crippen LogP contribution is 2.24. The Morgan fingerprint density at radius 2 is 1.88 bits per heavy atom. The number of rotatable bonds is 8. The van der Waals surface area contributed by atoms with Crippen molar-refractivity contribution in [3.05, 3.63) is 48.3 Å². The summed E-state index contributed by atoms with van der Waals surface area (Å²) in [6, 6.07) is 11.9. The van der Waals surface area contributed by atoms with Crippen LogP contribution in [0.3, 0.4) is 0 Å². The molecule has 3 rings (SSSR count). The minimum atomic E-state index is 0.0344. The number of fused-ring (bicyclic) bond motifs is 1. The smallest absolute Gasteiger partial charge is 0.234 e. The van der Waals surface area contributed by atoms with Crippen molar-refractivity contribution in [2.75, 3.05) is 32.8 Å². The van der Waals surface area contributed by atoms with Crippen molar-refractivity contribution in [3.63, 3.8) is 0 Å². The van der Waals surface area contributed by atoms with Crippen LogP contribution in [0, 0.1) is 0 Å². The second-order valence-electron chi connectivity index (χ2n) is 6.38. The lowest BCUT2D eigenvalue weighted by atomic mass is 10.1. The molecule has 1 aliphatic rings. The highest BCUT2D eigenvalue weighted by atomic mass is 16.5. The number of carbonyl (C=O) groups is 1. The Labute approximate surface area is 154 Å². The van der Waals surface area contributed by atoms with Gasteiger partial charge in [0, 0.05) is 31.0 Å². The maximum atomic E-state index is 12.2. The summed E-state index contributed by atoms with van der Waals surface area (Å²) in [5.41, 5.74) is 1.27. The number of amides is 1. The topological polar surface area (TPSA) is 55.7 Å². The number of benzene rings is 1. The zero-order valence-electron chi connectivity index (χ0n) is 15.5. The summed E-state index contributed by atoms with van der Waals surface area (Å²) in [6.07, 6.45) is 2.10. The third kappa shape index (κ3) is 4.58. The maximum Gasteiger partial charge on any atom is 0.234 e. The van der Waals surface area contributed by atoms with Gasteiger partial charge in [-0.2, -0.15) is 0 Å². The number of nitrogens with zero attached hydrogens (tertiary/aromatic N) is 2. The lowest BCUT2D eigenvalue weighted by molar-refractivity contribution is -0.123. The van der Waals surface area contributed by atoms with E-state index in [1.54, 1.807) is 0 Å². The molecule has 6 nitrogen and oxygen atoms in total. The maximum absolute atomic E-state index is 12.2. The molecule has 0 fully saturated rings. The third-order valence-electron chi connectivity index (χ3n) is 4.64. The number of hydrogen-bond donors (Lipinski definition) is 1. The fourth-order valence-electron chi connectivity index (χ4n) is 3.24. The monoisotopic (exact) mass is 357 g/mol. The first-order chi connectivity index (χ1) is 12.7. The fraction of sp³-hybridized carbons (Fsp3) is 0.450. The second-order valence-corrected chi connectivity index (χ2v) is 6.38. The minimum Gasteiger partial charge on any atom is -0.494 e. The van der Waals surface area contributed by atoms with Crippen LogP contribution in [0.15, 0.2) is 42.6 Å². The summed E-state index contributed by atoms with van der Waals surface area (Å²) < 4.78 is 13.3. The van der Waals surface area contributed by atoms with E-state index in [9.17, 15) is 4.79 Å². The van der Waals surface area contributed by atoms with E-state index in [2.05, 4.69) is 40.0 Å². The molecule has 0 bridgehead atoms. The van der Waals surface area contributed by atoms with Crippen LogP contribution in [0.1, 0.15) is 25.6 Å². The third-order valence-corrected chi connectivity index (χ3v) is 4.64. The first-order valence-electron chi connectivity index (χ1n) is 9.19. The molecule has 0 spiro atoms. The van der Waals surface area contributed by atoms with Crippen LogP contribution in [0.4, 0.5) is 0 Å². The highest BCUT2D eigenvalue weighted by molar-refractivity contribution is 5.78. The molecule has 1 aromatic heterocycles. The van der Waals surface area contributed by atoms with Crippen molar-refractivity contribution >= 4 is 5.91 Å². The molecule has 1 aromatic carbocycles. The van der Waals surface area contributed by atoms with Gasteiger partial charge in [0.25, 0.3) is 0 Å². The summed E-state index contributed by atoms with van der Waals surface area (Å²) >= 11 is 0. The van der Waals surface area contributed by atoms with E-state index in [0.29, 0.717) is 26.3 Å². The zero-order chi connectivity index (χ0) is 18.4. The van der Waals surface area contributed by atoms with Gasteiger partial charge in [-0.25, -0.2) is 0 Å². The van der Waals surface area contributed by atoms with E-state index in [0.717, 1.165) is 24.6 Å². The standard InChI is InChI=1S/C20H27N3O3/c1-3-25-17-6-8-18(9-7-17)26-14-10-21-20(24)15-23-13-12-22-11-4-5-19(22)16(23)2/h4-9,11,16H,3,10,12-15H2,1-2H3,(H,21,24). The molecule has 6 heteroatoms. The number of aromatic nitrogens is 1. The van der Waals surface area contributed by atoms with E-state index in [4.69, 9.17) is 9.47 Å². The van der Waals surface area contributed by atoms with Gasteiger partial charge in [-0.3, -0.25) is 9.69 Å². The number of nitrogens with one attached hydrogen (secondary N) is 1. The van der Waals surface area contributed by atoms with Crippen LogP contribution in [-0.4, -0.2) is 48.2 Å². The Hall–Kier alpha value is -2.47. The first kappa shape index (κ1) is 18.3. The fourth-order valence-corrected chi connectivity index (χ4v) is 3.24. The SMILES string of the molecule is CCOc1ccc(OCCNC(=O)CN2CCn3cccc3C2C)cc1. The Morgan fingerprint density at radius 1 is 1.15 bits per heavy atom. The molecular formula is C20H27N3O3. The van der Waals surface area contributed by atoms with Gasteiger partial charge < -0.3 is 19.4 Å². The van der Waals surface area contributed by atoms with Crippen LogP contribution >= 0.6 is 0 Å². The summed E-state index contributed by atoms with van der Waals surface area (Å²) in [4.78, 5) is 14.4. The average Bonchev–Trinajstić information content (AvgIpc) is 3.12. The van der Waals surface area contributed by atoms with Crippen LogP contribution in [0.25, 0.3) is 0 Å². The molecule has 0 saturated heterocycles. The van der Waals surface area contributed by atoms with Gasteiger partial charge in [-0.05, 0) is 50.2 Å². The van der Waals surface area contributed by atoms with Crippen molar-refractivity contribution in [1.82, 2.24) is 14.8 Å². The van der Waals surface area contributed by atoms with Gasteiger partial charge in [0.15, 0.2) is 0 Å². The van der Waals surface area contributed by atoms with Crippen LogP contribution in [-0.2, 0) is 11.3 Å². The van der Waals surface area contributed by atoms with E-state index >= 15 is 0 Å². The molecule has 2 aromatic rings. The molecule has 1 atom stereocenters. The molecule has 2 heterocycles. The highest BCUT2D eigenvalue weighted by Gasteiger charge is 2.24. The Balaban J connectivity index is 1.37. The number of carbonyl (C=O) groups excluding carboxylic acids is 1. The lowest BCUT2D eigenvalue weighted by Crippen LogP contribution is -2.43. The number of hydrogen-bond acceptors (Lipinski definition) is 4. The normalized spacial score (nSPS) is 16.8. The van der Waals surface area contributed by atoms with Gasteiger partial charge in [0.05, 0.1) is 19.7 Å². The van der Waals surface area contributed by atoms with Gasteiger partial charge in [-0.1, -0.05) is 0 Å². The molecule has 1 unspecified atom stereocenters. The average molecular weight is 357 g/mol. The van der Waals surface area contributed by atoms with Crippen molar-refractivity contribution in [1.29, 1.82) is 0 Å². The largest absolute Gasteiger partial charge is 0.494 e. The van der Waals surface area contributed by atoms with Gasteiger partial charge in [0.2, 0.25) is 5.91 Å².